The lowest BCUT2D eigenvalue weighted by Crippen LogP contribution is -2.33. The van der Waals surface area contributed by atoms with Gasteiger partial charge in [0.25, 0.3) is 0 Å². The third kappa shape index (κ3) is 5.14. The van der Waals surface area contributed by atoms with Crippen molar-refractivity contribution in [1.29, 1.82) is 0 Å². The van der Waals surface area contributed by atoms with Crippen LogP contribution >= 0.6 is 0 Å². The number of para-hydroxylation sites is 1. The Hall–Kier alpha value is -3.47. The fraction of sp³-hybridized carbons (Fsp3) is 0.367. The van der Waals surface area contributed by atoms with E-state index in [4.69, 9.17) is 19.3 Å². The Balaban J connectivity index is 1.36. The Bertz CT molecular complexity index is 1140. The van der Waals surface area contributed by atoms with E-state index < -0.39 is 0 Å². The maximum absolute atomic E-state index is 6.49. The summed E-state index contributed by atoms with van der Waals surface area (Å²) in [6.07, 6.45) is 5.36. The van der Waals surface area contributed by atoms with Gasteiger partial charge in [0.2, 0.25) is 6.23 Å². The zero-order valence-corrected chi connectivity index (χ0v) is 20.7. The van der Waals surface area contributed by atoms with Crippen molar-refractivity contribution in [3.63, 3.8) is 0 Å². The average Bonchev–Trinajstić information content (AvgIpc) is 3.35. The molecular formula is C30H34N2O3. The van der Waals surface area contributed by atoms with Crippen molar-refractivity contribution in [3.8, 4) is 17.2 Å². The van der Waals surface area contributed by atoms with Crippen molar-refractivity contribution in [3.05, 3.63) is 89.5 Å². The van der Waals surface area contributed by atoms with Gasteiger partial charge in [-0.2, -0.15) is 5.10 Å². The maximum Gasteiger partial charge on any atom is 0.213 e. The molecule has 0 aliphatic carbocycles. The van der Waals surface area contributed by atoms with E-state index in [1.165, 1.54) is 24.8 Å². The first-order chi connectivity index (χ1) is 17.3. The zero-order valence-electron chi connectivity index (χ0n) is 20.7. The molecule has 5 rings (SSSR count). The molecule has 5 heteroatoms. The van der Waals surface area contributed by atoms with Gasteiger partial charge in [0.15, 0.2) is 0 Å². The van der Waals surface area contributed by atoms with E-state index in [1.54, 1.807) is 0 Å². The van der Waals surface area contributed by atoms with E-state index in [1.807, 2.05) is 37.3 Å². The topological polar surface area (TPSA) is 43.3 Å². The molecule has 2 heterocycles. The molecule has 0 fully saturated rings. The summed E-state index contributed by atoms with van der Waals surface area (Å²) in [6.45, 7) is 5.64. The summed E-state index contributed by atoms with van der Waals surface area (Å²) >= 11 is 0. The minimum Gasteiger partial charge on any atom is -0.494 e. The first-order valence-corrected chi connectivity index (χ1v) is 12.8. The van der Waals surface area contributed by atoms with Crippen molar-refractivity contribution >= 4 is 5.71 Å². The number of unbranched alkanes of at least 4 members (excludes halogenated alkanes) is 3. The van der Waals surface area contributed by atoms with E-state index in [9.17, 15) is 0 Å². The van der Waals surface area contributed by atoms with E-state index in [-0.39, 0.29) is 12.3 Å². The predicted octanol–water partition coefficient (Wildman–Crippen LogP) is 7.29. The van der Waals surface area contributed by atoms with Gasteiger partial charge in [-0.05, 0) is 73.5 Å². The standard InChI is InChI=1S/C30H34N2O3/c1-3-5-6-9-20-34-25-18-14-23(15-19-25)30-32-28(26-10-7-8-11-29(26)35-30)21-27(31-32)22-12-16-24(17-13-22)33-4-2/h7-8,10-19,28,30H,3-6,9,20-21H2,1-2H3/t28-,30-/m1/s1. The molecule has 5 nitrogen and oxygen atoms in total. The molecule has 0 radical (unpaired) electrons. The lowest BCUT2D eigenvalue weighted by atomic mass is 9.96. The Labute approximate surface area is 208 Å². The molecule has 0 spiro atoms. The first kappa shape index (κ1) is 23.3. The van der Waals surface area contributed by atoms with Gasteiger partial charge in [-0.15, -0.1) is 0 Å². The highest BCUT2D eigenvalue weighted by molar-refractivity contribution is 6.02. The van der Waals surface area contributed by atoms with E-state index in [0.717, 1.165) is 53.5 Å². The predicted molar refractivity (Wildman–Crippen MR) is 139 cm³/mol. The molecular weight excluding hydrogens is 436 g/mol. The number of hydrogen-bond acceptors (Lipinski definition) is 5. The van der Waals surface area contributed by atoms with Gasteiger partial charge >= 0.3 is 0 Å². The molecule has 3 aromatic carbocycles. The minimum atomic E-state index is -0.284. The Kier molecular flexibility index (Phi) is 7.22. The number of ether oxygens (including phenoxy) is 3. The highest BCUT2D eigenvalue weighted by atomic mass is 16.5. The molecule has 0 unspecified atom stereocenters. The number of benzene rings is 3. The van der Waals surface area contributed by atoms with Crippen LogP contribution in [0.3, 0.4) is 0 Å². The van der Waals surface area contributed by atoms with Gasteiger partial charge in [-0.25, -0.2) is 5.01 Å². The van der Waals surface area contributed by atoms with Crippen LogP contribution < -0.4 is 14.2 Å². The summed E-state index contributed by atoms with van der Waals surface area (Å²) in [4.78, 5) is 0. The molecule has 0 amide bonds. The van der Waals surface area contributed by atoms with Gasteiger partial charge < -0.3 is 14.2 Å². The summed E-state index contributed by atoms with van der Waals surface area (Å²) in [5.74, 6) is 2.71. The largest absolute Gasteiger partial charge is 0.494 e. The van der Waals surface area contributed by atoms with E-state index in [2.05, 4.69) is 54.4 Å². The summed E-state index contributed by atoms with van der Waals surface area (Å²) in [7, 11) is 0. The maximum atomic E-state index is 6.49. The van der Waals surface area contributed by atoms with Crippen molar-refractivity contribution in [2.45, 2.75) is 58.2 Å². The summed E-state index contributed by atoms with van der Waals surface area (Å²) < 4.78 is 18.0. The highest BCUT2D eigenvalue weighted by Gasteiger charge is 2.40. The van der Waals surface area contributed by atoms with Crippen molar-refractivity contribution in [1.82, 2.24) is 5.01 Å². The quantitative estimate of drug-likeness (QED) is 0.292. The highest BCUT2D eigenvalue weighted by Crippen LogP contribution is 2.47. The first-order valence-electron chi connectivity index (χ1n) is 12.8. The Morgan fingerprint density at radius 3 is 2.37 bits per heavy atom. The monoisotopic (exact) mass is 470 g/mol. The van der Waals surface area contributed by atoms with Gasteiger partial charge in [0.1, 0.15) is 17.2 Å². The van der Waals surface area contributed by atoms with Crippen LogP contribution in [0, 0.1) is 0 Å². The second kappa shape index (κ2) is 10.9. The number of nitrogens with zero attached hydrogens (tertiary/aromatic N) is 2. The molecule has 2 atom stereocenters. The summed E-state index contributed by atoms with van der Waals surface area (Å²) in [6, 6.07) is 25.0. The Morgan fingerprint density at radius 1 is 0.857 bits per heavy atom. The van der Waals surface area contributed by atoms with Crippen LogP contribution in [0.25, 0.3) is 0 Å². The van der Waals surface area contributed by atoms with E-state index in [0.29, 0.717) is 6.61 Å². The van der Waals surface area contributed by atoms with Crippen molar-refractivity contribution in [2.75, 3.05) is 13.2 Å². The molecule has 35 heavy (non-hydrogen) atoms. The molecule has 0 saturated heterocycles. The van der Waals surface area contributed by atoms with Crippen molar-refractivity contribution < 1.29 is 14.2 Å². The van der Waals surface area contributed by atoms with Crippen LogP contribution in [-0.4, -0.2) is 23.9 Å². The number of hydrogen-bond donors (Lipinski definition) is 0. The third-order valence-corrected chi connectivity index (χ3v) is 6.63. The fourth-order valence-electron chi connectivity index (χ4n) is 4.79. The second-order valence-corrected chi connectivity index (χ2v) is 9.09. The summed E-state index contributed by atoms with van der Waals surface area (Å²) in [5, 5.41) is 7.19. The van der Waals surface area contributed by atoms with E-state index >= 15 is 0 Å². The molecule has 0 aromatic heterocycles. The van der Waals surface area contributed by atoms with Gasteiger partial charge in [-0.3, -0.25) is 0 Å². The van der Waals surface area contributed by atoms with Crippen LogP contribution in [0.15, 0.2) is 77.9 Å². The molecule has 0 bridgehead atoms. The van der Waals surface area contributed by atoms with Crippen molar-refractivity contribution in [2.24, 2.45) is 5.10 Å². The van der Waals surface area contributed by atoms with Gasteiger partial charge in [0.05, 0.1) is 25.0 Å². The molecule has 182 valence electrons. The Morgan fingerprint density at radius 2 is 1.60 bits per heavy atom. The molecule has 3 aromatic rings. The number of fused-ring (bicyclic) bond motifs is 3. The zero-order chi connectivity index (χ0) is 24.0. The smallest absolute Gasteiger partial charge is 0.213 e. The molecule has 2 aliphatic heterocycles. The second-order valence-electron chi connectivity index (χ2n) is 9.09. The summed E-state index contributed by atoms with van der Waals surface area (Å²) in [5.41, 5.74) is 4.43. The van der Waals surface area contributed by atoms with Crippen LogP contribution in [0.2, 0.25) is 0 Å². The van der Waals surface area contributed by atoms with Crippen LogP contribution in [0.1, 0.15) is 74.9 Å². The number of rotatable bonds is 10. The fourth-order valence-corrected chi connectivity index (χ4v) is 4.79. The van der Waals surface area contributed by atoms with Crippen LogP contribution in [0.5, 0.6) is 17.2 Å². The van der Waals surface area contributed by atoms with Gasteiger partial charge in [-0.1, -0.05) is 44.4 Å². The molecule has 0 N–H and O–H groups in total. The average molecular weight is 471 g/mol. The number of hydrazone groups is 1. The van der Waals surface area contributed by atoms with Crippen LogP contribution in [-0.2, 0) is 0 Å². The lowest BCUT2D eigenvalue weighted by molar-refractivity contribution is -0.0190. The molecule has 2 aliphatic rings. The van der Waals surface area contributed by atoms with Gasteiger partial charge in [0, 0.05) is 17.5 Å². The molecule has 0 saturated carbocycles. The SMILES string of the molecule is CCCCCCOc1ccc([C@H]2Oc3ccccc3[C@H]3CC(c4ccc(OCC)cc4)=NN32)cc1. The lowest BCUT2D eigenvalue weighted by Gasteiger charge is -2.38. The minimum absolute atomic E-state index is 0.140. The normalized spacial score (nSPS) is 18.3. The third-order valence-electron chi connectivity index (χ3n) is 6.63. The van der Waals surface area contributed by atoms with Crippen LogP contribution in [0.4, 0.5) is 0 Å².